The molecule has 2 aliphatic carbocycles. The molecule has 2 aromatic carbocycles. The Labute approximate surface area is 209 Å². The predicted molar refractivity (Wildman–Crippen MR) is 134 cm³/mol. The van der Waals surface area contributed by atoms with Gasteiger partial charge in [0.2, 0.25) is 5.91 Å². The summed E-state index contributed by atoms with van der Waals surface area (Å²) in [7, 11) is 0. The van der Waals surface area contributed by atoms with Crippen LogP contribution in [0.3, 0.4) is 0 Å². The van der Waals surface area contributed by atoms with Gasteiger partial charge in [0.25, 0.3) is 0 Å². The summed E-state index contributed by atoms with van der Waals surface area (Å²) in [5.41, 5.74) is 4.66. The molecule has 1 heterocycles. The van der Waals surface area contributed by atoms with E-state index in [0.717, 1.165) is 23.3 Å². The first-order valence-electron chi connectivity index (χ1n) is 12.2. The minimum Gasteiger partial charge on any atom is -0.481 e. The van der Waals surface area contributed by atoms with Gasteiger partial charge < -0.3 is 20.1 Å². The van der Waals surface area contributed by atoms with Crippen LogP contribution in [-0.4, -0.2) is 64.7 Å². The molecule has 7 nitrogen and oxygen atoms in total. The SMILES string of the molecule is O=C(O)CC1CSCCN1C(=O)[C@@H]1CCC[C@@H]1NC(=O)OCC1c2ccccc2-c2ccccc21. The number of alkyl carbamates (subject to hydrolysis) is 1. The van der Waals surface area contributed by atoms with E-state index < -0.39 is 12.1 Å². The van der Waals surface area contributed by atoms with Crippen LogP contribution in [0.25, 0.3) is 11.1 Å². The lowest BCUT2D eigenvalue weighted by Crippen LogP contribution is -2.52. The van der Waals surface area contributed by atoms with Crippen LogP contribution in [0.5, 0.6) is 0 Å². The molecule has 184 valence electrons. The van der Waals surface area contributed by atoms with Gasteiger partial charge in [-0.3, -0.25) is 9.59 Å². The maximum absolute atomic E-state index is 13.4. The van der Waals surface area contributed by atoms with Crippen molar-refractivity contribution in [2.75, 3.05) is 24.7 Å². The van der Waals surface area contributed by atoms with Gasteiger partial charge in [0.05, 0.1) is 18.4 Å². The third kappa shape index (κ3) is 4.89. The number of carboxylic acid groups (broad SMARTS) is 1. The number of hydrogen-bond acceptors (Lipinski definition) is 5. The summed E-state index contributed by atoms with van der Waals surface area (Å²) in [6, 6.07) is 15.8. The molecule has 0 spiro atoms. The fourth-order valence-corrected chi connectivity index (χ4v) is 6.81. The molecule has 0 aromatic heterocycles. The summed E-state index contributed by atoms with van der Waals surface area (Å²) >= 11 is 1.68. The number of nitrogens with one attached hydrogen (secondary N) is 1. The average molecular weight is 495 g/mol. The number of aliphatic carboxylic acids is 1. The molecule has 2 N–H and O–H groups in total. The Hall–Kier alpha value is -3.00. The van der Waals surface area contributed by atoms with Gasteiger partial charge in [0.1, 0.15) is 6.61 Å². The van der Waals surface area contributed by atoms with Gasteiger partial charge in [0.15, 0.2) is 0 Å². The number of carbonyl (C=O) groups excluding carboxylic acids is 2. The van der Waals surface area contributed by atoms with Crippen LogP contribution in [0.1, 0.15) is 42.7 Å². The molecule has 2 amide bonds. The van der Waals surface area contributed by atoms with Crippen LogP contribution >= 0.6 is 11.8 Å². The highest BCUT2D eigenvalue weighted by atomic mass is 32.2. The van der Waals surface area contributed by atoms with Crippen molar-refractivity contribution in [3.05, 3.63) is 59.7 Å². The van der Waals surface area contributed by atoms with E-state index in [1.807, 2.05) is 24.3 Å². The number of thioether (sulfide) groups is 1. The number of amides is 2. The molecule has 1 saturated carbocycles. The number of carboxylic acids is 1. The molecule has 2 fully saturated rings. The van der Waals surface area contributed by atoms with Crippen molar-refractivity contribution < 1.29 is 24.2 Å². The topological polar surface area (TPSA) is 95.9 Å². The zero-order valence-corrected chi connectivity index (χ0v) is 20.3. The zero-order chi connectivity index (χ0) is 24.4. The normalized spacial score (nSPS) is 23.4. The molecule has 3 aliphatic rings. The predicted octanol–water partition coefficient (Wildman–Crippen LogP) is 4.11. The number of ether oxygens (including phenoxy) is 1. The first-order chi connectivity index (χ1) is 17.0. The van der Waals surface area contributed by atoms with Gasteiger partial charge in [-0.05, 0) is 35.1 Å². The van der Waals surface area contributed by atoms with Gasteiger partial charge in [-0.1, -0.05) is 55.0 Å². The minimum atomic E-state index is -0.893. The van der Waals surface area contributed by atoms with Crippen molar-refractivity contribution >= 4 is 29.7 Å². The lowest BCUT2D eigenvalue weighted by Gasteiger charge is -2.37. The monoisotopic (exact) mass is 494 g/mol. The van der Waals surface area contributed by atoms with Crippen molar-refractivity contribution in [1.29, 1.82) is 0 Å². The van der Waals surface area contributed by atoms with Crippen LogP contribution in [-0.2, 0) is 14.3 Å². The Morgan fingerprint density at radius 2 is 1.71 bits per heavy atom. The molecule has 0 bridgehead atoms. The Morgan fingerprint density at radius 1 is 1.03 bits per heavy atom. The minimum absolute atomic E-state index is 0.0169. The maximum atomic E-state index is 13.4. The molecule has 0 radical (unpaired) electrons. The lowest BCUT2D eigenvalue weighted by molar-refractivity contribution is -0.142. The van der Waals surface area contributed by atoms with Crippen LogP contribution in [0, 0.1) is 5.92 Å². The van der Waals surface area contributed by atoms with Crippen LogP contribution < -0.4 is 5.32 Å². The zero-order valence-electron chi connectivity index (χ0n) is 19.5. The quantitative estimate of drug-likeness (QED) is 0.628. The Bertz CT molecular complexity index is 1080. The Kier molecular flexibility index (Phi) is 7.00. The van der Waals surface area contributed by atoms with Crippen LogP contribution in [0.15, 0.2) is 48.5 Å². The summed E-state index contributed by atoms with van der Waals surface area (Å²) in [5, 5.41) is 12.2. The van der Waals surface area contributed by atoms with Gasteiger partial charge in [-0.15, -0.1) is 0 Å². The number of hydrogen-bond donors (Lipinski definition) is 2. The second-order valence-corrected chi connectivity index (χ2v) is 10.6. The average Bonchev–Trinajstić information content (AvgIpc) is 3.45. The van der Waals surface area contributed by atoms with E-state index in [9.17, 15) is 19.5 Å². The summed E-state index contributed by atoms with van der Waals surface area (Å²) < 4.78 is 5.69. The summed E-state index contributed by atoms with van der Waals surface area (Å²) in [5.74, 6) is 0.147. The lowest BCUT2D eigenvalue weighted by atomic mass is 9.98. The summed E-state index contributed by atoms with van der Waals surface area (Å²) in [6.07, 6.45) is 1.70. The van der Waals surface area contributed by atoms with Crippen molar-refractivity contribution in [2.45, 2.75) is 43.7 Å². The molecular formula is C27H30N2O5S. The Morgan fingerprint density at radius 3 is 2.40 bits per heavy atom. The van der Waals surface area contributed by atoms with E-state index in [0.29, 0.717) is 25.1 Å². The summed E-state index contributed by atoms with van der Waals surface area (Å²) in [4.78, 5) is 39.2. The molecule has 35 heavy (non-hydrogen) atoms. The fourth-order valence-electron chi connectivity index (χ4n) is 5.75. The number of nitrogens with zero attached hydrogens (tertiary/aromatic N) is 1. The molecule has 1 unspecified atom stereocenters. The van der Waals surface area contributed by atoms with Crippen LogP contribution in [0.2, 0.25) is 0 Å². The molecule has 3 atom stereocenters. The highest BCUT2D eigenvalue weighted by molar-refractivity contribution is 7.99. The highest BCUT2D eigenvalue weighted by Crippen LogP contribution is 2.44. The van der Waals surface area contributed by atoms with Crippen molar-refractivity contribution in [3.8, 4) is 11.1 Å². The second-order valence-electron chi connectivity index (χ2n) is 9.47. The first-order valence-corrected chi connectivity index (χ1v) is 13.4. The highest BCUT2D eigenvalue weighted by Gasteiger charge is 2.40. The van der Waals surface area contributed by atoms with E-state index in [1.54, 1.807) is 16.7 Å². The third-order valence-electron chi connectivity index (χ3n) is 7.40. The molecule has 1 saturated heterocycles. The van der Waals surface area contributed by atoms with Gasteiger partial charge in [-0.25, -0.2) is 4.79 Å². The second kappa shape index (κ2) is 10.3. The largest absolute Gasteiger partial charge is 0.481 e. The van der Waals surface area contributed by atoms with Crippen molar-refractivity contribution in [2.24, 2.45) is 5.92 Å². The molecule has 5 rings (SSSR count). The fraction of sp³-hybridized carbons (Fsp3) is 0.444. The van der Waals surface area contributed by atoms with E-state index in [-0.39, 0.29) is 42.9 Å². The first kappa shape index (κ1) is 23.7. The smallest absolute Gasteiger partial charge is 0.407 e. The van der Waals surface area contributed by atoms with Crippen molar-refractivity contribution in [1.82, 2.24) is 10.2 Å². The molecule has 2 aromatic rings. The van der Waals surface area contributed by atoms with Gasteiger partial charge in [-0.2, -0.15) is 11.8 Å². The summed E-state index contributed by atoms with van der Waals surface area (Å²) in [6.45, 7) is 0.783. The van der Waals surface area contributed by atoms with E-state index in [2.05, 4.69) is 29.6 Å². The maximum Gasteiger partial charge on any atom is 0.407 e. The van der Waals surface area contributed by atoms with Crippen molar-refractivity contribution in [3.63, 3.8) is 0 Å². The van der Waals surface area contributed by atoms with E-state index >= 15 is 0 Å². The van der Waals surface area contributed by atoms with Gasteiger partial charge in [0, 0.05) is 30.0 Å². The molecule has 1 aliphatic heterocycles. The molecular weight excluding hydrogens is 464 g/mol. The van der Waals surface area contributed by atoms with Crippen LogP contribution in [0.4, 0.5) is 4.79 Å². The number of carbonyl (C=O) groups is 3. The van der Waals surface area contributed by atoms with Gasteiger partial charge >= 0.3 is 12.1 Å². The standard InChI is InChI=1S/C27H30N2O5S/c30-25(31)14-17-16-35-13-12-29(17)26(32)22-10-5-11-24(22)28-27(33)34-15-23-20-8-3-1-6-18(20)19-7-2-4-9-21(19)23/h1-4,6-9,17,22-24H,5,10-16H2,(H,28,33)(H,30,31)/t17?,22-,24+/m1/s1. The van der Waals surface area contributed by atoms with E-state index in [1.165, 1.54) is 11.1 Å². The number of benzene rings is 2. The number of fused-ring (bicyclic) bond motifs is 3. The van der Waals surface area contributed by atoms with E-state index in [4.69, 9.17) is 4.74 Å². The molecule has 8 heteroatoms. The Balaban J connectivity index is 1.22. The third-order valence-corrected chi connectivity index (χ3v) is 8.49. The number of rotatable bonds is 6.